The van der Waals surface area contributed by atoms with Gasteiger partial charge in [0, 0.05) is 11.3 Å². The van der Waals surface area contributed by atoms with Crippen LogP contribution in [-0.2, 0) is 11.4 Å². The van der Waals surface area contributed by atoms with Crippen LogP contribution in [0.5, 0.6) is 0 Å². The maximum absolute atomic E-state index is 13.4. The van der Waals surface area contributed by atoms with E-state index in [0.29, 0.717) is 17.0 Å². The van der Waals surface area contributed by atoms with Gasteiger partial charge >= 0.3 is 6.55 Å². The maximum atomic E-state index is 13.4. The van der Waals surface area contributed by atoms with E-state index in [-0.39, 0.29) is 18.1 Å². The van der Waals surface area contributed by atoms with Gasteiger partial charge in [0.05, 0.1) is 21.7 Å². The van der Waals surface area contributed by atoms with E-state index in [1.54, 1.807) is 42.5 Å². The van der Waals surface area contributed by atoms with Gasteiger partial charge in [-0.2, -0.15) is 8.78 Å². The second kappa shape index (κ2) is 7.26. The summed E-state index contributed by atoms with van der Waals surface area (Å²) in [4.78, 5) is 14.0. The Morgan fingerprint density at radius 3 is 2.72 bits per heavy atom. The number of aromatic nitrogens is 3. The molecule has 0 fully saturated rings. The molecule has 0 aliphatic heterocycles. The first-order chi connectivity index (χ1) is 12.0. The summed E-state index contributed by atoms with van der Waals surface area (Å²) in [6, 6.07) is 6.75. The highest BCUT2D eigenvalue weighted by Gasteiger charge is 2.19. The molecule has 0 saturated carbocycles. The summed E-state index contributed by atoms with van der Waals surface area (Å²) in [5, 5.41) is 6.88. The van der Waals surface area contributed by atoms with Gasteiger partial charge in [0.1, 0.15) is 5.71 Å². The van der Waals surface area contributed by atoms with E-state index in [1.807, 2.05) is 5.38 Å². The highest BCUT2D eigenvalue weighted by molar-refractivity contribution is 7.09. The lowest BCUT2D eigenvalue weighted by molar-refractivity contribution is 0.0735. The molecule has 1 aromatic carbocycles. The van der Waals surface area contributed by atoms with Crippen molar-refractivity contribution in [2.75, 3.05) is 0 Å². The average molecular weight is 364 g/mol. The van der Waals surface area contributed by atoms with Gasteiger partial charge in [-0.15, -0.1) is 11.3 Å². The number of imidazole rings is 1. The molecular formula is C17H18F2N4OS. The quantitative estimate of drug-likeness (QED) is 0.459. The van der Waals surface area contributed by atoms with E-state index in [1.165, 1.54) is 0 Å². The number of hydrogen-bond acceptors (Lipinski definition) is 5. The Labute approximate surface area is 148 Å². The lowest BCUT2D eigenvalue weighted by Crippen LogP contribution is -2.10. The molecule has 2 aromatic heterocycles. The average Bonchev–Trinajstić information content (AvgIpc) is 3.19. The Hall–Kier alpha value is -2.35. The standard InChI is InChI=1S/C17H18F2N4OS/c1-10(2)16-20-12(9-25-16)8-24-22-11(3)15-21-13-6-4-5-7-14(13)23(15)17(18)19/h4-7,9-10,17H,8H2,1-3H3/b22-11+. The molecule has 0 N–H and O–H groups in total. The van der Waals surface area contributed by atoms with Crippen molar-refractivity contribution >= 4 is 28.1 Å². The fourth-order valence-electron chi connectivity index (χ4n) is 2.39. The normalized spacial score (nSPS) is 12.5. The number of benzene rings is 1. The summed E-state index contributed by atoms with van der Waals surface area (Å²) in [5.74, 6) is 0.451. The van der Waals surface area contributed by atoms with Crippen LogP contribution in [0.4, 0.5) is 8.78 Å². The van der Waals surface area contributed by atoms with E-state index < -0.39 is 6.55 Å². The number of nitrogens with zero attached hydrogens (tertiary/aromatic N) is 4. The van der Waals surface area contributed by atoms with Gasteiger partial charge in [0.2, 0.25) is 0 Å². The van der Waals surface area contributed by atoms with Gasteiger partial charge in [0.15, 0.2) is 12.4 Å². The zero-order valence-electron chi connectivity index (χ0n) is 14.1. The molecule has 2 heterocycles. The predicted octanol–water partition coefficient (Wildman–Crippen LogP) is 4.95. The maximum Gasteiger partial charge on any atom is 0.320 e. The predicted molar refractivity (Wildman–Crippen MR) is 94.2 cm³/mol. The summed E-state index contributed by atoms with van der Waals surface area (Å²) in [6.07, 6.45) is 0. The Bertz CT molecular complexity index is 901. The minimum atomic E-state index is -2.71. The van der Waals surface area contributed by atoms with Crippen molar-refractivity contribution in [3.8, 4) is 0 Å². The zero-order chi connectivity index (χ0) is 18.0. The molecule has 25 heavy (non-hydrogen) atoms. The number of oxime groups is 1. The molecule has 0 amide bonds. The first-order valence-corrected chi connectivity index (χ1v) is 8.71. The highest BCUT2D eigenvalue weighted by atomic mass is 32.1. The van der Waals surface area contributed by atoms with Gasteiger partial charge in [-0.25, -0.2) is 9.97 Å². The van der Waals surface area contributed by atoms with Crippen LogP contribution in [0.2, 0.25) is 0 Å². The number of para-hydroxylation sites is 2. The summed E-state index contributed by atoms with van der Waals surface area (Å²) in [5.41, 5.74) is 1.92. The van der Waals surface area contributed by atoms with Crippen LogP contribution in [0.25, 0.3) is 11.0 Å². The third-order valence-electron chi connectivity index (χ3n) is 3.59. The van der Waals surface area contributed by atoms with E-state index in [4.69, 9.17) is 4.84 Å². The Balaban J connectivity index is 1.80. The minimum absolute atomic E-state index is 0.0948. The van der Waals surface area contributed by atoms with E-state index in [9.17, 15) is 8.78 Å². The minimum Gasteiger partial charge on any atom is -0.389 e. The van der Waals surface area contributed by atoms with Crippen molar-refractivity contribution in [3.63, 3.8) is 0 Å². The second-order valence-corrected chi connectivity index (χ2v) is 6.74. The second-order valence-electron chi connectivity index (χ2n) is 5.85. The highest BCUT2D eigenvalue weighted by Crippen LogP contribution is 2.24. The SMILES string of the molecule is C/C(=N\OCc1csc(C(C)C)n1)c1nc2ccccc2n1C(F)F. The van der Waals surface area contributed by atoms with Crippen molar-refractivity contribution in [1.82, 2.24) is 14.5 Å². The molecule has 0 atom stereocenters. The van der Waals surface area contributed by atoms with Crippen LogP contribution in [0, 0.1) is 0 Å². The van der Waals surface area contributed by atoms with Gasteiger partial charge < -0.3 is 4.84 Å². The number of rotatable bonds is 6. The van der Waals surface area contributed by atoms with Gasteiger partial charge in [-0.3, -0.25) is 4.57 Å². The molecule has 0 saturated heterocycles. The van der Waals surface area contributed by atoms with Crippen molar-refractivity contribution in [2.45, 2.75) is 39.8 Å². The van der Waals surface area contributed by atoms with Crippen LogP contribution < -0.4 is 0 Å². The number of hydrogen-bond donors (Lipinski definition) is 0. The van der Waals surface area contributed by atoms with Crippen LogP contribution in [-0.4, -0.2) is 20.2 Å². The van der Waals surface area contributed by atoms with E-state index in [2.05, 4.69) is 29.0 Å². The lowest BCUT2D eigenvalue weighted by Gasteiger charge is -2.07. The van der Waals surface area contributed by atoms with Crippen LogP contribution in [0.15, 0.2) is 34.8 Å². The van der Waals surface area contributed by atoms with E-state index in [0.717, 1.165) is 15.3 Å². The fraction of sp³-hybridized carbons (Fsp3) is 0.353. The number of halogens is 2. The summed E-state index contributed by atoms with van der Waals surface area (Å²) >= 11 is 1.57. The third-order valence-corrected chi connectivity index (χ3v) is 4.79. The summed E-state index contributed by atoms with van der Waals surface area (Å²) in [7, 11) is 0. The molecule has 0 aliphatic carbocycles. The molecule has 132 valence electrons. The monoisotopic (exact) mass is 364 g/mol. The van der Waals surface area contributed by atoms with Crippen LogP contribution in [0.3, 0.4) is 0 Å². The molecule has 0 unspecified atom stereocenters. The zero-order valence-corrected chi connectivity index (χ0v) is 14.9. The molecular weight excluding hydrogens is 346 g/mol. The Morgan fingerprint density at radius 2 is 2.04 bits per heavy atom. The van der Waals surface area contributed by atoms with Gasteiger partial charge in [-0.1, -0.05) is 31.1 Å². The number of thiazole rings is 1. The van der Waals surface area contributed by atoms with Crippen molar-refractivity contribution in [1.29, 1.82) is 0 Å². The first kappa shape index (κ1) is 17.5. The molecule has 0 aliphatic rings. The Morgan fingerprint density at radius 1 is 1.28 bits per heavy atom. The smallest absolute Gasteiger partial charge is 0.320 e. The lowest BCUT2D eigenvalue weighted by atomic mass is 10.2. The molecule has 8 heteroatoms. The van der Waals surface area contributed by atoms with Crippen LogP contribution in [0.1, 0.15) is 49.8 Å². The van der Waals surface area contributed by atoms with E-state index >= 15 is 0 Å². The summed E-state index contributed by atoms with van der Waals surface area (Å²) < 4.78 is 27.7. The fourth-order valence-corrected chi connectivity index (χ4v) is 3.21. The molecule has 0 radical (unpaired) electrons. The molecule has 0 bridgehead atoms. The molecule has 3 aromatic rings. The molecule has 3 rings (SSSR count). The molecule has 0 spiro atoms. The summed E-state index contributed by atoms with van der Waals surface area (Å²) in [6.45, 7) is 3.22. The third kappa shape index (κ3) is 3.68. The largest absolute Gasteiger partial charge is 0.389 e. The molecule has 5 nitrogen and oxygen atoms in total. The van der Waals surface area contributed by atoms with Gasteiger partial charge in [0.25, 0.3) is 0 Å². The van der Waals surface area contributed by atoms with Crippen molar-refractivity contribution in [2.24, 2.45) is 5.16 Å². The number of alkyl halides is 2. The van der Waals surface area contributed by atoms with Gasteiger partial charge in [-0.05, 0) is 19.1 Å². The number of fused-ring (bicyclic) bond motifs is 1. The topological polar surface area (TPSA) is 52.3 Å². The first-order valence-electron chi connectivity index (χ1n) is 7.83. The Kier molecular flexibility index (Phi) is 5.08. The van der Waals surface area contributed by atoms with Crippen molar-refractivity contribution < 1.29 is 13.6 Å². The van der Waals surface area contributed by atoms with Crippen LogP contribution >= 0.6 is 11.3 Å². The van der Waals surface area contributed by atoms with Crippen molar-refractivity contribution in [3.05, 3.63) is 46.2 Å².